The van der Waals surface area contributed by atoms with Crippen LogP contribution >= 0.6 is 0 Å². The van der Waals surface area contributed by atoms with Crippen LogP contribution in [0.4, 0.5) is 0 Å². The van der Waals surface area contributed by atoms with Crippen molar-refractivity contribution in [1.29, 1.82) is 0 Å². The number of esters is 1. The summed E-state index contributed by atoms with van der Waals surface area (Å²) in [6.45, 7) is 4.89. The Morgan fingerprint density at radius 1 is 0.373 bits per heavy atom. The van der Waals surface area contributed by atoms with Gasteiger partial charge in [-0.1, -0.05) is 326 Å². The number of nitrogens with one attached hydrogen (secondary N) is 1. The fourth-order valence-corrected chi connectivity index (χ4v) is 10.5. The highest BCUT2D eigenvalue weighted by molar-refractivity contribution is 5.76. The van der Waals surface area contributed by atoms with Crippen LogP contribution in [0.1, 0.15) is 367 Å². The number of hydrogen-bond donors (Lipinski definition) is 3. The summed E-state index contributed by atoms with van der Waals surface area (Å²) in [6.07, 6.45) is 82.2. The first-order valence-corrected chi connectivity index (χ1v) is 33.8. The minimum Gasteiger partial charge on any atom is -0.466 e. The second-order valence-electron chi connectivity index (χ2n) is 23.2. The summed E-state index contributed by atoms with van der Waals surface area (Å²) in [5.41, 5.74) is 0. The minimum absolute atomic E-state index is 0.00585. The first-order chi connectivity index (χ1) is 37.0. The number of ether oxygens (including phenoxy) is 1. The van der Waals surface area contributed by atoms with Crippen molar-refractivity contribution in [2.24, 2.45) is 0 Å². The molecule has 0 saturated carbocycles. The van der Waals surface area contributed by atoms with E-state index in [1.807, 2.05) is 6.08 Å². The van der Waals surface area contributed by atoms with Gasteiger partial charge in [0.2, 0.25) is 5.91 Å². The Hall–Kier alpha value is -1.92. The Balaban J connectivity index is 3.34. The molecule has 0 fully saturated rings. The molecule has 0 aliphatic heterocycles. The molecule has 0 heterocycles. The third-order valence-corrected chi connectivity index (χ3v) is 15.7. The number of rotatable bonds is 63. The maximum atomic E-state index is 12.5. The van der Waals surface area contributed by atoms with Crippen LogP contribution in [-0.4, -0.2) is 47.4 Å². The zero-order chi connectivity index (χ0) is 54.3. The van der Waals surface area contributed by atoms with Crippen LogP contribution < -0.4 is 5.32 Å². The first kappa shape index (κ1) is 73.1. The van der Waals surface area contributed by atoms with Crippen molar-refractivity contribution in [3.8, 4) is 0 Å². The molecule has 0 aromatic carbocycles. The highest BCUT2D eigenvalue weighted by Gasteiger charge is 2.18. The Bertz CT molecular complexity index is 1210. The molecule has 0 aromatic heterocycles. The summed E-state index contributed by atoms with van der Waals surface area (Å²) in [5.74, 6) is -0.0573. The quantitative estimate of drug-likeness (QED) is 0.0320. The number of hydrogen-bond acceptors (Lipinski definition) is 5. The van der Waals surface area contributed by atoms with E-state index in [4.69, 9.17) is 4.74 Å². The lowest BCUT2D eigenvalue weighted by molar-refractivity contribution is -0.143. The molecule has 442 valence electrons. The molecule has 1 amide bonds. The lowest BCUT2D eigenvalue weighted by atomic mass is 10.0. The Labute approximate surface area is 468 Å². The van der Waals surface area contributed by atoms with Gasteiger partial charge in [0.25, 0.3) is 0 Å². The van der Waals surface area contributed by atoms with E-state index >= 15 is 0 Å². The highest BCUT2D eigenvalue weighted by Crippen LogP contribution is 2.18. The zero-order valence-electron chi connectivity index (χ0n) is 50.5. The van der Waals surface area contributed by atoms with Gasteiger partial charge in [0.1, 0.15) is 0 Å². The minimum atomic E-state index is -0.841. The lowest BCUT2D eigenvalue weighted by Crippen LogP contribution is -2.45. The van der Waals surface area contributed by atoms with Crippen LogP contribution in [0.2, 0.25) is 0 Å². The van der Waals surface area contributed by atoms with E-state index in [-0.39, 0.29) is 18.5 Å². The van der Waals surface area contributed by atoms with Crippen LogP contribution in [0.25, 0.3) is 0 Å². The molecule has 0 bridgehead atoms. The summed E-state index contributed by atoms with van der Waals surface area (Å²) >= 11 is 0. The number of unbranched alkanes of at least 4 members (excludes halogenated alkanes) is 48. The topological polar surface area (TPSA) is 95.9 Å². The Kier molecular flexibility index (Phi) is 63.0. The summed E-state index contributed by atoms with van der Waals surface area (Å²) in [5, 5.41) is 23.1. The van der Waals surface area contributed by atoms with Crippen molar-refractivity contribution in [1.82, 2.24) is 5.32 Å². The fourth-order valence-electron chi connectivity index (χ4n) is 10.5. The molecule has 3 N–H and O–H groups in total. The van der Waals surface area contributed by atoms with Crippen molar-refractivity contribution in [2.75, 3.05) is 13.2 Å². The maximum Gasteiger partial charge on any atom is 0.305 e. The predicted molar refractivity (Wildman–Crippen MR) is 329 cm³/mol. The Morgan fingerprint density at radius 3 is 1.04 bits per heavy atom. The number of carbonyl (C=O) groups is 2. The van der Waals surface area contributed by atoms with Crippen molar-refractivity contribution in [2.45, 2.75) is 379 Å². The summed E-state index contributed by atoms with van der Waals surface area (Å²) < 4.78 is 5.49. The van der Waals surface area contributed by atoms with Crippen LogP contribution in [-0.2, 0) is 14.3 Å². The molecule has 2 atom stereocenters. The van der Waals surface area contributed by atoms with Gasteiger partial charge in [0, 0.05) is 12.8 Å². The molecular formula is C69H131NO5. The average Bonchev–Trinajstić information content (AvgIpc) is 3.41. The number of allylic oxidation sites excluding steroid dienone is 5. The lowest BCUT2D eigenvalue weighted by Gasteiger charge is -2.20. The van der Waals surface area contributed by atoms with E-state index < -0.39 is 12.1 Å². The molecule has 0 aliphatic rings. The molecule has 0 radical (unpaired) electrons. The summed E-state index contributed by atoms with van der Waals surface area (Å²) in [4.78, 5) is 24.5. The van der Waals surface area contributed by atoms with Gasteiger partial charge in [0.15, 0.2) is 0 Å². The van der Waals surface area contributed by atoms with Gasteiger partial charge >= 0.3 is 5.97 Å². The number of aliphatic hydroxyl groups excluding tert-OH is 2. The molecule has 0 aliphatic carbocycles. The predicted octanol–water partition coefficient (Wildman–Crippen LogP) is 21.5. The third-order valence-electron chi connectivity index (χ3n) is 15.7. The molecule has 6 heteroatoms. The largest absolute Gasteiger partial charge is 0.466 e. The standard InChI is InChI=1S/C69H131NO5/c1-3-5-7-9-11-13-15-17-34-39-43-47-51-55-59-63-69(74)75-64-60-56-52-48-44-40-36-33-31-29-27-25-23-21-19-18-20-22-24-26-28-30-32-35-38-42-46-50-54-58-62-68(73)70-66(65-71)67(72)61-57-53-49-45-41-37-16-14-12-10-8-6-4-2/h11,13,17,34,57,61,66-67,71-72H,3-10,12,14-16,18-33,35-56,58-60,62-65H2,1-2H3,(H,70,73)/b13-11-,34-17-,61-57+. The van der Waals surface area contributed by atoms with E-state index in [0.717, 1.165) is 51.4 Å². The summed E-state index contributed by atoms with van der Waals surface area (Å²) in [6, 6.07) is -0.624. The van der Waals surface area contributed by atoms with E-state index in [1.54, 1.807) is 6.08 Å². The first-order valence-electron chi connectivity index (χ1n) is 33.8. The molecule has 0 spiro atoms. The Morgan fingerprint density at radius 2 is 0.667 bits per heavy atom. The molecule has 2 unspecified atom stereocenters. The average molecular weight is 1050 g/mol. The fraction of sp³-hybridized carbons (Fsp3) is 0.884. The molecular weight excluding hydrogens is 923 g/mol. The van der Waals surface area contributed by atoms with Crippen molar-refractivity contribution < 1.29 is 24.5 Å². The monoisotopic (exact) mass is 1050 g/mol. The van der Waals surface area contributed by atoms with E-state index in [1.165, 1.54) is 289 Å². The van der Waals surface area contributed by atoms with Gasteiger partial charge < -0.3 is 20.3 Å². The van der Waals surface area contributed by atoms with Crippen LogP contribution in [0.5, 0.6) is 0 Å². The van der Waals surface area contributed by atoms with Gasteiger partial charge in [0.05, 0.1) is 25.4 Å². The highest BCUT2D eigenvalue weighted by atomic mass is 16.5. The zero-order valence-corrected chi connectivity index (χ0v) is 50.5. The van der Waals surface area contributed by atoms with E-state index in [2.05, 4.69) is 43.5 Å². The van der Waals surface area contributed by atoms with Gasteiger partial charge in [-0.05, 0) is 64.2 Å². The van der Waals surface area contributed by atoms with Gasteiger partial charge in [-0.15, -0.1) is 0 Å². The van der Waals surface area contributed by atoms with Crippen molar-refractivity contribution in [3.63, 3.8) is 0 Å². The van der Waals surface area contributed by atoms with Gasteiger partial charge in [-0.2, -0.15) is 0 Å². The van der Waals surface area contributed by atoms with E-state index in [0.29, 0.717) is 19.4 Å². The molecule has 6 nitrogen and oxygen atoms in total. The smallest absolute Gasteiger partial charge is 0.305 e. The number of amides is 1. The van der Waals surface area contributed by atoms with Crippen LogP contribution in [0.3, 0.4) is 0 Å². The number of carbonyl (C=O) groups excluding carboxylic acids is 2. The normalized spacial score (nSPS) is 12.7. The number of aliphatic hydroxyl groups is 2. The maximum absolute atomic E-state index is 12.5. The second kappa shape index (κ2) is 64.6. The molecule has 75 heavy (non-hydrogen) atoms. The van der Waals surface area contributed by atoms with E-state index in [9.17, 15) is 19.8 Å². The van der Waals surface area contributed by atoms with Crippen molar-refractivity contribution in [3.05, 3.63) is 36.5 Å². The van der Waals surface area contributed by atoms with Crippen molar-refractivity contribution >= 4 is 11.9 Å². The second-order valence-corrected chi connectivity index (χ2v) is 23.2. The SMILES string of the molecule is CCCCC/C=C\C/C=C\CCCCCCCC(=O)OCCCCCCCCCCCCCCCCCCCCCCCCCCCCCCCCC(=O)NC(CO)C(O)/C=C/CCCCCCCCCCCCC. The molecule has 0 saturated heterocycles. The summed E-state index contributed by atoms with van der Waals surface area (Å²) in [7, 11) is 0. The molecule has 0 rings (SSSR count). The van der Waals surface area contributed by atoms with Gasteiger partial charge in [-0.3, -0.25) is 9.59 Å². The van der Waals surface area contributed by atoms with Crippen LogP contribution in [0, 0.1) is 0 Å². The van der Waals surface area contributed by atoms with Crippen LogP contribution in [0.15, 0.2) is 36.5 Å². The van der Waals surface area contributed by atoms with Gasteiger partial charge in [-0.25, -0.2) is 0 Å². The molecule has 0 aromatic rings. The third kappa shape index (κ3) is 61.2.